The lowest BCUT2D eigenvalue weighted by molar-refractivity contribution is -0.122. The smallest absolute Gasteiger partial charge is 0.228 e. The summed E-state index contributed by atoms with van der Waals surface area (Å²) in [5.41, 5.74) is 4.32. The molecule has 1 fully saturated rings. The molecule has 0 aliphatic carbocycles. The standard InChI is InChI=1S/C25H21FN6O2/c26-18-6-4-16(5-7-18)23-24(31-12-2-1-3-21(31)29-23)19-8-9-22-27-20(15-32(22)30-19)28-25(33)17-10-13-34-14-11-17/h1-9,12,15,17H,10-11,13-14H2,(H,28,33). The molecule has 0 radical (unpaired) electrons. The third-order valence-corrected chi connectivity index (χ3v) is 6.05. The van der Waals surface area contributed by atoms with Crippen molar-refractivity contribution in [2.24, 2.45) is 5.92 Å². The molecular weight excluding hydrogens is 435 g/mol. The average molecular weight is 456 g/mol. The van der Waals surface area contributed by atoms with Crippen LogP contribution < -0.4 is 5.32 Å². The fourth-order valence-electron chi connectivity index (χ4n) is 4.31. The molecule has 1 amide bonds. The molecule has 5 heterocycles. The molecule has 1 aromatic carbocycles. The summed E-state index contributed by atoms with van der Waals surface area (Å²) >= 11 is 0. The van der Waals surface area contributed by atoms with Crippen LogP contribution in [0.15, 0.2) is 67.0 Å². The number of carbonyl (C=O) groups excluding carboxylic acids is 1. The van der Waals surface area contributed by atoms with E-state index in [-0.39, 0.29) is 17.6 Å². The summed E-state index contributed by atoms with van der Waals surface area (Å²) in [5, 5.41) is 7.67. The van der Waals surface area contributed by atoms with Gasteiger partial charge in [0.2, 0.25) is 5.91 Å². The number of benzene rings is 1. The van der Waals surface area contributed by atoms with Gasteiger partial charge in [0.15, 0.2) is 11.5 Å². The topological polar surface area (TPSA) is 85.8 Å². The second-order valence-corrected chi connectivity index (χ2v) is 8.27. The highest BCUT2D eigenvalue weighted by molar-refractivity contribution is 5.92. The summed E-state index contributed by atoms with van der Waals surface area (Å²) in [6.45, 7) is 1.20. The van der Waals surface area contributed by atoms with Crippen molar-refractivity contribution in [3.63, 3.8) is 0 Å². The molecule has 4 aromatic heterocycles. The van der Waals surface area contributed by atoms with Crippen molar-refractivity contribution < 1.29 is 13.9 Å². The van der Waals surface area contributed by atoms with Crippen molar-refractivity contribution in [3.05, 3.63) is 72.8 Å². The second-order valence-electron chi connectivity index (χ2n) is 8.27. The van der Waals surface area contributed by atoms with Crippen molar-refractivity contribution in [1.29, 1.82) is 0 Å². The lowest BCUT2D eigenvalue weighted by Crippen LogP contribution is -2.28. The lowest BCUT2D eigenvalue weighted by Gasteiger charge is -2.20. The monoisotopic (exact) mass is 456 g/mol. The first-order valence-electron chi connectivity index (χ1n) is 11.1. The highest BCUT2D eigenvalue weighted by Gasteiger charge is 2.23. The molecule has 0 unspecified atom stereocenters. The van der Waals surface area contributed by atoms with E-state index in [1.165, 1.54) is 12.1 Å². The number of pyridine rings is 1. The van der Waals surface area contributed by atoms with Gasteiger partial charge in [0.05, 0.1) is 11.9 Å². The van der Waals surface area contributed by atoms with E-state index in [0.717, 1.165) is 16.9 Å². The molecule has 0 bridgehead atoms. The Morgan fingerprint density at radius 3 is 2.65 bits per heavy atom. The summed E-state index contributed by atoms with van der Waals surface area (Å²) in [6.07, 6.45) is 5.05. The molecule has 1 aliphatic heterocycles. The Hall–Kier alpha value is -4.11. The van der Waals surface area contributed by atoms with Gasteiger partial charge < -0.3 is 10.1 Å². The van der Waals surface area contributed by atoms with Crippen molar-refractivity contribution in [3.8, 4) is 22.6 Å². The number of nitrogens with zero attached hydrogens (tertiary/aromatic N) is 5. The number of imidazole rings is 2. The van der Waals surface area contributed by atoms with Crippen LogP contribution in [-0.2, 0) is 9.53 Å². The van der Waals surface area contributed by atoms with E-state index in [1.807, 2.05) is 40.9 Å². The van der Waals surface area contributed by atoms with E-state index in [0.29, 0.717) is 48.9 Å². The van der Waals surface area contributed by atoms with E-state index < -0.39 is 0 Å². The first kappa shape index (κ1) is 20.5. The predicted molar refractivity (Wildman–Crippen MR) is 125 cm³/mol. The Morgan fingerprint density at radius 1 is 1.00 bits per heavy atom. The number of amides is 1. The van der Waals surface area contributed by atoms with Gasteiger partial charge in [-0.15, -0.1) is 0 Å². The maximum absolute atomic E-state index is 13.5. The zero-order valence-corrected chi connectivity index (χ0v) is 18.2. The van der Waals surface area contributed by atoms with Crippen LogP contribution in [0.3, 0.4) is 0 Å². The first-order chi connectivity index (χ1) is 16.7. The molecule has 0 atom stereocenters. The number of fused-ring (bicyclic) bond motifs is 2. The van der Waals surface area contributed by atoms with Gasteiger partial charge in [0, 0.05) is 30.9 Å². The molecule has 8 nitrogen and oxygen atoms in total. The number of hydrogen-bond donors (Lipinski definition) is 1. The van der Waals surface area contributed by atoms with Gasteiger partial charge in [-0.25, -0.2) is 18.9 Å². The van der Waals surface area contributed by atoms with E-state index in [9.17, 15) is 9.18 Å². The number of anilines is 1. The maximum atomic E-state index is 13.5. The summed E-state index contributed by atoms with van der Waals surface area (Å²) in [4.78, 5) is 21.9. The average Bonchev–Trinajstić information content (AvgIpc) is 3.45. The highest BCUT2D eigenvalue weighted by Crippen LogP contribution is 2.32. The van der Waals surface area contributed by atoms with Crippen molar-refractivity contribution in [2.75, 3.05) is 18.5 Å². The molecular formula is C25H21FN6O2. The minimum absolute atomic E-state index is 0.0488. The van der Waals surface area contributed by atoms with Crippen LogP contribution >= 0.6 is 0 Å². The summed E-state index contributed by atoms with van der Waals surface area (Å²) in [5.74, 6) is 0.0335. The second kappa shape index (κ2) is 8.35. The van der Waals surface area contributed by atoms with Crippen molar-refractivity contribution >= 4 is 23.0 Å². The zero-order chi connectivity index (χ0) is 23.1. The molecule has 0 saturated carbocycles. The molecule has 6 rings (SSSR count). The summed E-state index contributed by atoms with van der Waals surface area (Å²) in [7, 11) is 0. The highest BCUT2D eigenvalue weighted by atomic mass is 19.1. The Labute approximate surface area is 194 Å². The zero-order valence-electron chi connectivity index (χ0n) is 18.2. The van der Waals surface area contributed by atoms with Gasteiger partial charge in [-0.2, -0.15) is 5.10 Å². The van der Waals surface area contributed by atoms with Gasteiger partial charge in [0.25, 0.3) is 0 Å². The van der Waals surface area contributed by atoms with Gasteiger partial charge in [-0.05, 0) is 61.4 Å². The number of carbonyl (C=O) groups is 1. The largest absolute Gasteiger partial charge is 0.381 e. The number of aromatic nitrogens is 5. The van der Waals surface area contributed by atoms with Crippen LogP contribution in [-0.4, -0.2) is 43.1 Å². The van der Waals surface area contributed by atoms with E-state index in [1.54, 1.807) is 22.8 Å². The van der Waals surface area contributed by atoms with Gasteiger partial charge in [-0.3, -0.25) is 9.20 Å². The van der Waals surface area contributed by atoms with Crippen LogP contribution in [0.4, 0.5) is 10.2 Å². The van der Waals surface area contributed by atoms with E-state index >= 15 is 0 Å². The third kappa shape index (κ3) is 3.69. The maximum Gasteiger partial charge on any atom is 0.228 e. The Morgan fingerprint density at radius 2 is 1.82 bits per heavy atom. The van der Waals surface area contributed by atoms with Crippen LogP contribution in [0.25, 0.3) is 33.9 Å². The minimum atomic E-state index is -0.303. The van der Waals surface area contributed by atoms with E-state index in [2.05, 4.69) is 10.3 Å². The molecule has 5 aromatic rings. The molecule has 1 saturated heterocycles. The van der Waals surface area contributed by atoms with Crippen molar-refractivity contribution in [2.45, 2.75) is 12.8 Å². The van der Waals surface area contributed by atoms with Crippen LogP contribution in [0, 0.1) is 11.7 Å². The molecule has 0 spiro atoms. The summed E-state index contributed by atoms with van der Waals surface area (Å²) < 4.78 is 22.5. The number of halogens is 1. The number of ether oxygens (including phenoxy) is 1. The Bertz CT molecular complexity index is 1500. The SMILES string of the molecule is O=C(Nc1cn2nc(-c3c(-c4ccc(F)cc4)nc4ccccn34)ccc2n1)C1CCOCC1. The quantitative estimate of drug-likeness (QED) is 0.438. The van der Waals surface area contributed by atoms with E-state index in [4.69, 9.17) is 14.8 Å². The van der Waals surface area contributed by atoms with Crippen LogP contribution in [0.5, 0.6) is 0 Å². The van der Waals surface area contributed by atoms with Crippen molar-refractivity contribution in [1.82, 2.24) is 24.0 Å². The molecule has 34 heavy (non-hydrogen) atoms. The Kier molecular flexibility index (Phi) is 5.03. The van der Waals surface area contributed by atoms with Crippen LogP contribution in [0.1, 0.15) is 12.8 Å². The minimum Gasteiger partial charge on any atom is -0.381 e. The van der Waals surface area contributed by atoms with Crippen LogP contribution in [0.2, 0.25) is 0 Å². The summed E-state index contributed by atoms with van der Waals surface area (Å²) in [6, 6.07) is 15.7. The fourth-order valence-corrected chi connectivity index (χ4v) is 4.31. The third-order valence-electron chi connectivity index (χ3n) is 6.05. The molecule has 170 valence electrons. The van der Waals surface area contributed by atoms with Gasteiger partial charge in [-0.1, -0.05) is 6.07 Å². The number of rotatable bonds is 4. The molecule has 9 heteroatoms. The predicted octanol–water partition coefficient (Wildman–Crippen LogP) is 4.22. The lowest BCUT2D eigenvalue weighted by atomic mass is 10.00. The van der Waals surface area contributed by atoms with Gasteiger partial charge >= 0.3 is 0 Å². The normalized spacial score (nSPS) is 14.6. The molecule has 1 aliphatic rings. The number of hydrogen-bond acceptors (Lipinski definition) is 5. The number of nitrogens with one attached hydrogen (secondary N) is 1. The van der Waals surface area contributed by atoms with Gasteiger partial charge in [0.1, 0.15) is 22.9 Å². The molecule has 1 N–H and O–H groups in total. The first-order valence-corrected chi connectivity index (χ1v) is 11.1. The Balaban J connectivity index is 1.39. The fraction of sp³-hybridized carbons (Fsp3) is 0.200.